The van der Waals surface area contributed by atoms with Crippen LogP contribution in [0.15, 0.2) is 24.3 Å². The lowest BCUT2D eigenvalue weighted by Crippen LogP contribution is -2.45. The molecule has 0 rings (SSSR count). The molecular weight excluding hydrogens is 719 g/mol. The second-order valence-electron chi connectivity index (χ2n) is 17.5. The van der Waals surface area contributed by atoms with Gasteiger partial charge in [0.15, 0.2) is 0 Å². The molecule has 0 radical (unpaired) electrons. The van der Waals surface area contributed by atoms with Gasteiger partial charge in [-0.2, -0.15) is 0 Å². The molecule has 1 amide bonds. The van der Waals surface area contributed by atoms with Crippen LogP contribution in [-0.4, -0.2) is 47.4 Å². The zero-order valence-electron chi connectivity index (χ0n) is 38.8. The molecule has 0 aliphatic rings. The molecule has 2 atom stereocenters. The van der Waals surface area contributed by atoms with Gasteiger partial charge in [0.05, 0.1) is 25.4 Å². The normalized spacial score (nSPS) is 12.8. The highest BCUT2D eigenvalue weighted by atomic mass is 16.5. The number of esters is 1. The number of aliphatic hydroxyl groups is 2. The van der Waals surface area contributed by atoms with Crippen LogP contribution in [0.25, 0.3) is 0 Å². The van der Waals surface area contributed by atoms with E-state index in [0.29, 0.717) is 19.4 Å². The van der Waals surface area contributed by atoms with E-state index in [1.54, 1.807) is 6.08 Å². The average molecular weight is 818 g/mol. The van der Waals surface area contributed by atoms with E-state index in [1.807, 2.05) is 6.08 Å². The highest BCUT2D eigenvalue weighted by molar-refractivity contribution is 5.76. The molecule has 3 N–H and O–H groups in total. The number of hydrogen-bond acceptors (Lipinski definition) is 5. The third-order valence-corrected chi connectivity index (χ3v) is 11.7. The summed E-state index contributed by atoms with van der Waals surface area (Å²) in [5, 5.41) is 22.9. The lowest BCUT2D eigenvalue weighted by Gasteiger charge is -2.20. The summed E-state index contributed by atoms with van der Waals surface area (Å²) in [5.41, 5.74) is 0. The van der Waals surface area contributed by atoms with E-state index in [0.717, 1.165) is 44.9 Å². The molecule has 342 valence electrons. The van der Waals surface area contributed by atoms with Gasteiger partial charge in [-0.1, -0.05) is 224 Å². The van der Waals surface area contributed by atoms with E-state index >= 15 is 0 Å². The number of carbonyl (C=O) groups excluding carboxylic acids is 2. The Hall–Kier alpha value is -1.66. The largest absolute Gasteiger partial charge is 0.466 e. The minimum absolute atomic E-state index is 0.00634. The zero-order valence-corrected chi connectivity index (χ0v) is 38.8. The van der Waals surface area contributed by atoms with E-state index in [-0.39, 0.29) is 18.5 Å². The lowest BCUT2D eigenvalue weighted by atomic mass is 10.0. The van der Waals surface area contributed by atoms with Crippen molar-refractivity contribution in [3.8, 4) is 0 Å². The predicted octanol–water partition coefficient (Wildman–Crippen LogP) is 15.1. The minimum Gasteiger partial charge on any atom is -0.466 e. The molecule has 0 aliphatic heterocycles. The zero-order chi connectivity index (χ0) is 42.3. The van der Waals surface area contributed by atoms with Gasteiger partial charge in [0, 0.05) is 12.8 Å². The van der Waals surface area contributed by atoms with Crippen molar-refractivity contribution < 1.29 is 24.5 Å². The first kappa shape index (κ1) is 56.3. The first-order valence-electron chi connectivity index (χ1n) is 25.6. The van der Waals surface area contributed by atoms with Crippen molar-refractivity contribution in [3.63, 3.8) is 0 Å². The maximum absolute atomic E-state index is 12.4. The summed E-state index contributed by atoms with van der Waals surface area (Å²) in [5.74, 6) is -0.0835. The van der Waals surface area contributed by atoms with Crippen molar-refractivity contribution in [1.82, 2.24) is 5.32 Å². The van der Waals surface area contributed by atoms with Crippen LogP contribution in [0.1, 0.15) is 271 Å². The van der Waals surface area contributed by atoms with E-state index < -0.39 is 12.1 Å². The fraction of sp³-hybridized carbons (Fsp3) is 0.885. The molecule has 0 fully saturated rings. The van der Waals surface area contributed by atoms with Gasteiger partial charge in [0.25, 0.3) is 0 Å². The fourth-order valence-corrected chi connectivity index (χ4v) is 7.74. The molecule has 6 heteroatoms. The Kier molecular flexibility index (Phi) is 46.6. The molecule has 0 aromatic heterocycles. The summed E-state index contributed by atoms with van der Waals surface area (Å²) in [6.07, 6.45) is 56.1. The Morgan fingerprint density at radius 2 is 0.810 bits per heavy atom. The van der Waals surface area contributed by atoms with Crippen LogP contribution in [0, 0.1) is 0 Å². The Morgan fingerprint density at radius 3 is 1.22 bits per heavy atom. The number of nitrogens with one attached hydrogen (secondary N) is 1. The highest BCUT2D eigenvalue weighted by Crippen LogP contribution is 2.16. The maximum atomic E-state index is 12.4. The van der Waals surface area contributed by atoms with Gasteiger partial charge in [-0.15, -0.1) is 0 Å². The minimum atomic E-state index is -0.847. The number of hydrogen-bond donors (Lipinski definition) is 3. The van der Waals surface area contributed by atoms with Crippen molar-refractivity contribution in [3.05, 3.63) is 24.3 Å². The maximum Gasteiger partial charge on any atom is 0.305 e. The second kappa shape index (κ2) is 48.0. The number of ether oxygens (including phenoxy) is 1. The van der Waals surface area contributed by atoms with Crippen LogP contribution in [0.4, 0.5) is 0 Å². The first-order chi connectivity index (χ1) is 28.5. The SMILES string of the molecule is CCCCCCCC/C=C\CCCCCCCC(=O)OCCCCCCCCCCCCCCCCCCC(=O)NC(CO)C(O)/C=C/CCCCCCCCCC. The molecule has 0 bridgehead atoms. The third-order valence-electron chi connectivity index (χ3n) is 11.7. The lowest BCUT2D eigenvalue weighted by molar-refractivity contribution is -0.143. The van der Waals surface area contributed by atoms with Crippen molar-refractivity contribution >= 4 is 11.9 Å². The van der Waals surface area contributed by atoms with Crippen LogP contribution < -0.4 is 5.32 Å². The summed E-state index contributed by atoms with van der Waals surface area (Å²) >= 11 is 0. The van der Waals surface area contributed by atoms with Crippen molar-refractivity contribution in [2.75, 3.05) is 13.2 Å². The number of carbonyl (C=O) groups is 2. The summed E-state index contributed by atoms with van der Waals surface area (Å²) in [6, 6.07) is -0.631. The summed E-state index contributed by atoms with van der Waals surface area (Å²) in [4.78, 5) is 24.4. The van der Waals surface area contributed by atoms with Gasteiger partial charge < -0.3 is 20.3 Å². The van der Waals surface area contributed by atoms with Crippen LogP contribution in [0.3, 0.4) is 0 Å². The molecule has 0 spiro atoms. The summed E-state index contributed by atoms with van der Waals surface area (Å²) in [7, 11) is 0. The highest BCUT2D eigenvalue weighted by Gasteiger charge is 2.18. The van der Waals surface area contributed by atoms with Crippen LogP contribution >= 0.6 is 0 Å². The number of unbranched alkanes of at least 4 members (excludes halogenated alkanes) is 34. The molecule has 0 saturated carbocycles. The second-order valence-corrected chi connectivity index (χ2v) is 17.5. The monoisotopic (exact) mass is 818 g/mol. The quantitative estimate of drug-likeness (QED) is 0.0323. The molecule has 0 saturated heterocycles. The standard InChI is InChI=1S/C52H99NO5/c1-3-5-7-9-11-13-15-16-19-23-26-30-34-38-42-46-52(57)58-47-43-39-35-31-27-24-21-18-17-20-22-25-29-33-37-41-45-51(56)53-49(48-54)50(55)44-40-36-32-28-14-12-10-8-6-4-2/h16,19,40,44,49-50,54-55H,3-15,17-18,20-39,41-43,45-48H2,1-2H3,(H,53,56)/b19-16-,44-40+. The Balaban J connectivity index is 3.43. The number of rotatable bonds is 47. The van der Waals surface area contributed by atoms with E-state index in [4.69, 9.17) is 4.74 Å². The fourth-order valence-electron chi connectivity index (χ4n) is 7.74. The predicted molar refractivity (Wildman–Crippen MR) is 250 cm³/mol. The van der Waals surface area contributed by atoms with Crippen LogP contribution in [-0.2, 0) is 14.3 Å². The van der Waals surface area contributed by atoms with E-state index in [1.165, 1.54) is 199 Å². The molecule has 0 heterocycles. The summed E-state index contributed by atoms with van der Waals surface area (Å²) < 4.78 is 5.46. The Bertz CT molecular complexity index is 904. The van der Waals surface area contributed by atoms with Crippen LogP contribution in [0.2, 0.25) is 0 Å². The molecular formula is C52H99NO5. The van der Waals surface area contributed by atoms with Crippen LogP contribution in [0.5, 0.6) is 0 Å². The molecule has 6 nitrogen and oxygen atoms in total. The van der Waals surface area contributed by atoms with Gasteiger partial charge >= 0.3 is 5.97 Å². The molecule has 0 aliphatic carbocycles. The summed E-state index contributed by atoms with van der Waals surface area (Å²) in [6.45, 7) is 4.86. The average Bonchev–Trinajstić information content (AvgIpc) is 3.22. The topological polar surface area (TPSA) is 95.9 Å². The van der Waals surface area contributed by atoms with Crippen molar-refractivity contribution in [2.45, 2.75) is 283 Å². The number of allylic oxidation sites excluding steroid dienone is 3. The van der Waals surface area contributed by atoms with Gasteiger partial charge in [-0.3, -0.25) is 9.59 Å². The molecule has 58 heavy (non-hydrogen) atoms. The molecule has 0 aromatic carbocycles. The van der Waals surface area contributed by atoms with Crippen molar-refractivity contribution in [1.29, 1.82) is 0 Å². The van der Waals surface area contributed by atoms with Gasteiger partial charge in [0.2, 0.25) is 5.91 Å². The van der Waals surface area contributed by atoms with Gasteiger partial charge in [-0.05, 0) is 57.8 Å². The molecule has 2 unspecified atom stereocenters. The van der Waals surface area contributed by atoms with Crippen molar-refractivity contribution in [2.24, 2.45) is 0 Å². The van der Waals surface area contributed by atoms with Gasteiger partial charge in [-0.25, -0.2) is 0 Å². The molecule has 0 aromatic rings. The first-order valence-corrected chi connectivity index (χ1v) is 25.6. The third kappa shape index (κ3) is 43.9. The number of aliphatic hydroxyl groups excluding tert-OH is 2. The Labute approximate surface area is 361 Å². The number of amides is 1. The Morgan fingerprint density at radius 1 is 0.466 bits per heavy atom. The van der Waals surface area contributed by atoms with Gasteiger partial charge in [0.1, 0.15) is 0 Å². The smallest absolute Gasteiger partial charge is 0.305 e. The van der Waals surface area contributed by atoms with E-state index in [2.05, 4.69) is 31.3 Å². The van der Waals surface area contributed by atoms with E-state index in [9.17, 15) is 19.8 Å².